The Balaban J connectivity index is 1.87. The van der Waals surface area contributed by atoms with Gasteiger partial charge in [0, 0.05) is 43.5 Å². The molecule has 3 aromatic carbocycles. The van der Waals surface area contributed by atoms with Crippen LogP contribution in [0.2, 0.25) is 0 Å². The predicted molar refractivity (Wildman–Crippen MR) is 152 cm³/mol. The number of halogens is 8. The van der Waals surface area contributed by atoms with Crippen LogP contribution in [0.25, 0.3) is 0 Å². The molecular weight excluding hydrogens is 610 g/mol. The molecule has 1 aliphatic rings. The lowest BCUT2D eigenvalue weighted by Gasteiger charge is -2.39. The standard InChI is InChI=1S/C32H33F8N3O2/c1-2-3-11-41-19-21-12-22(9-10-27(21)34)31(16-20-7-5-4-6-8-20,43-29(44)42-25-17-30(37,38)18-25)23-13-24(33)15-26(14-23)45-32(39,40)28(35)36/h4-10,12-15,25,28,41H,2-3,11,16-19H2,1H3,(H2,42,43,44). The van der Waals surface area contributed by atoms with Crippen LogP contribution in [0.4, 0.5) is 39.9 Å². The number of ether oxygens (including phenoxy) is 1. The molecule has 0 saturated heterocycles. The van der Waals surface area contributed by atoms with Gasteiger partial charge in [0.2, 0.25) is 0 Å². The van der Waals surface area contributed by atoms with Crippen molar-refractivity contribution in [2.45, 2.75) is 75.6 Å². The van der Waals surface area contributed by atoms with Gasteiger partial charge < -0.3 is 20.7 Å². The van der Waals surface area contributed by atoms with E-state index in [0.29, 0.717) is 18.2 Å². The van der Waals surface area contributed by atoms with Gasteiger partial charge in [-0.15, -0.1) is 0 Å². The zero-order chi connectivity index (χ0) is 32.8. The van der Waals surface area contributed by atoms with E-state index < -0.39 is 66.3 Å². The molecular formula is C32H33F8N3O2. The number of nitrogens with one attached hydrogen (secondary N) is 3. The summed E-state index contributed by atoms with van der Waals surface area (Å²) in [5, 5.41) is 8.26. The maximum Gasteiger partial charge on any atom is 0.461 e. The molecule has 0 aliphatic heterocycles. The minimum absolute atomic E-state index is 0.0720. The van der Waals surface area contributed by atoms with Gasteiger partial charge >= 0.3 is 18.6 Å². The van der Waals surface area contributed by atoms with Gasteiger partial charge in [-0.1, -0.05) is 49.7 Å². The van der Waals surface area contributed by atoms with Crippen molar-refractivity contribution >= 4 is 6.03 Å². The van der Waals surface area contributed by atoms with E-state index in [9.17, 15) is 31.1 Å². The minimum atomic E-state index is -4.97. The summed E-state index contributed by atoms with van der Waals surface area (Å²) >= 11 is 0. The third kappa shape index (κ3) is 8.65. The number of unbranched alkanes of at least 4 members (excludes halogenated alkanes) is 1. The Morgan fingerprint density at radius 2 is 1.71 bits per heavy atom. The summed E-state index contributed by atoms with van der Waals surface area (Å²) in [7, 11) is 0. The number of urea groups is 1. The van der Waals surface area contributed by atoms with Crippen molar-refractivity contribution in [2.24, 2.45) is 0 Å². The zero-order valence-electron chi connectivity index (χ0n) is 24.3. The van der Waals surface area contributed by atoms with E-state index in [-0.39, 0.29) is 29.7 Å². The fourth-order valence-corrected chi connectivity index (χ4v) is 5.21. The van der Waals surface area contributed by atoms with Crippen LogP contribution in [-0.4, -0.2) is 37.1 Å². The Morgan fingerprint density at radius 1 is 1.00 bits per heavy atom. The fourth-order valence-electron chi connectivity index (χ4n) is 5.21. The summed E-state index contributed by atoms with van der Waals surface area (Å²) in [5.74, 6) is -5.68. The van der Waals surface area contributed by atoms with Crippen molar-refractivity contribution in [2.75, 3.05) is 6.54 Å². The van der Waals surface area contributed by atoms with Crippen molar-refractivity contribution in [3.8, 4) is 5.75 Å². The fraction of sp³-hybridized carbons (Fsp3) is 0.406. The molecule has 0 bridgehead atoms. The number of rotatable bonds is 14. The van der Waals surface area contributed by atoms with E-state index in [0.717, 1.165) is 31.0 Å². The van der Waals surface area contributed by atoms with Crippen LogP contribution >= 0.6 is 0 Å². The maximum atomic E-state index is 15.1. The Bertz CT molecular complexity index is 1450. The van der Waals surface area contributed by atoms with Crippen molar-refractivity contribution in [3.63, 3.8) is 0 Å². The Hall–Kier alpha value is -3.87. The van der Waals surface area contributed by atoms with Crippen molar-refractivity contribution < 1.29 is 44.7 Å². The quantitative estimate of drug-likeness (QED) is 0.125. The van der Waals surface area contributed by atoms with Gasteiger partial charge in [-0.05, 0) is 53.9 Å². The molecule has 0 heterocycles. The molecule has 0 spiro atoms. The molecule has 2 amide bonds. The highest BCUT2D eigenvalue weighted by atomic mass is 19.3. The summed E-state index contributed by atoms with van der Waals surface area (Å²) in [6.07, 6.45) is -8.91. The molecule has 3 aromatic rings. The van der Waals surface area contributed by atoms with E-state index in [1.165, 1.54) is 12.1 Å². The van der Waals surface area contributed by atoms with Crippen LogP contribution in [0.15, 0.2) is 66.7 Å². The van der Waals surface area contributed by atoms with Crippen molar-refractivity contribution in [1.82, 2.24) is 16.0 Å². The Kier molecular flexibility index (Phi) is 10.6. The smallest absolute Gasteiger partial charge is 0.428 e. The highest BCUT2D eigenvalue weighted by Gasteiger charge is 2.47. The Labute approximate surface area is 255 Å². The number of amides is 2. The van der Waals surface area contributed by atoms with E-state index in [1.54, 1.807) is 30.3 Å². The molecule has 0 aromatic heterocycles. The summed E-state index contributed by atoms with van der Waals surface area (Å²) in [6.45, 7) is 2.63. The minimum Gasteiger partial charge on any atom is -0.428 e. The van der Waals surface area contributed by atoms with Gasteiger partial charge in [0.25, 0.3) is 5.92 Å². The Morgan fingerprint density at radius 3 is 2.36 bits per heavy atom. The van der Waals surface area contributed by atoms with Crippen LogP contribution in [0, 0.1) is 11.6 Å². The number of hydrogen-bond acceptors (Lipinski definition) is 3. The number of hydrogen-bond donors (Lipinski definition) is 3. The molecule has 5 nitrogen and oxygen atoms in total. The van der Waals surface area contributed by atoms with E-state index in [1.807, 2.05) is 6.92 Å². The second-order valence-corrected chi connectivity index (χ2v) is 11.1. The summed E-state index contributed by atoms with van der Waals surface area (Å²) in [5.41, 5.74) is -1.20. The van der Waals surface area contributed by atoms with E-state index >= 15 is 8.78 Å². The van der Waals surface area contributed by atoms with Crippen LogP contribution < -0.4 is 20.7 Å². The molecule has 3 N–H and O–H groups in total. The summed E-state index contributed by atoms with van der Waals surface area (Å²) < 4.78 is 115. The third-order valence-corrected chi connectivity index (χ3v) is 7.50. The molecule has 45 heavy (non-hydrogen) atoms. The molecule has 4 rings (SSSR count). The van der Waals surface area contributed by atoms with Crippen LogP contribution in [0.1, 0.15) is 54.9 Å². The normalized spacial score (nSPS) is 16.1. The lowest BCUT2D eigenvalue weighted by Crippen LogP contribution is -2.58. The van der Waals surface area contributed by atoms with Crippen LogP contribution in [0.3, 0.4) is 0 Å². The first-order chi connectivity index (χ1) is 21.2. The molecule has 13 heteroatoms. The van der Waals surface area contributed by atoms with Gasteiger partial charge in [0.15, 0.2) is 0 Å². The number of carbonyl (C=O) groups excluding carboxylic acids is 1. The molecule has 1 aliphatic carbocycles. The predicted octanol–water partition coefficient (Wildman–Crippen LogP) is 7.67. The monoisotopic (exact) mass is 643 g/mol. The number of carbonyl (C=O) groups is 1. The average Bonchev–Trinajstić information content (AvgIpc) is 2.94. The average molecular weight is 644 g/mol. The van der Waals surface area contributed by atoms with Crippen molar-refractivity contribution in [3.05, 3.63) is 101 Å². The highest BCUT2D eigenvalue weighted by Crippen LogP contribution is 2.40. The lowest BCUT2D eigenvalue weighted by atomic mass is 9.77. The molecule has 0 radical (unpaired) electrons. The first kappa shape index (κ1) is 34.0. The lowest BCUT2D eigenvalue weighted by molar-refractivity contribution is -0.253. The summed E-state index contributed by atoms with van der Waals surface area (Å²) in [6, 6.07) is 12.6. The number of alkyl halides is 6. The first-order valence-corrected chi connectivity index (χ1v) is 14.4. The maximum absolute atomic E-state index is 15.1. The van der Waals surface area contributed by atoms with E-state index in [2.05, 4.69) is 20.7 Å². The largest absolute Gasteiger partial charge is 0.461 e. The summed E-state index contributed by atoms with van der Waals surface area (Å²) in [4.78, 5) is 13.4. The first-order valence-electron chi connectivity index (χ1n) is 14.4. The molecule has 1 atom stereocenters. The topological polar surface area (TPSA) is 62.4 Å². The van der Waals surface area contributed by atoms with Crippen LogP contribution in [0.5, 0.6) is 5.75 Å². The molecule has 1 unspecified atom stereocenters. The second kappa shape index (κ2) is 14.1. The second-order valence-electron chi connectivity index (χ2n) is 11.1. The molecule has 1 fully saturated rings. The highest BCUT2D eigenvalue weighted by molar-refractivity contribution is 5.77. The zero-order valence-corrected chi connectivity index (χ0v) is 24.3. The molecule has 244 valence electrons. The van der Waals surface area contributed by atoms with Gasteiger partial charge in [0.1, 0.15) is 17.4 Å². The van der Waals surface area contributed by atoms with Crippen LogP contribution in [-0.2, 0) is 18.5 Å². The molecule has 1 saturated carbocycles. The van der Waals surface area contributed by atoms with Gasteiger partial charge in [-0.2, -0.15) is 17.6 Å². The van der Waals surface area contributed by atoms with Crippen molar-refractivity contribution in [1.29, 1.82) is 0 Å². The van der Waals surface area contributed by atoms with Gasteiger partial charge in [-0.3, -0.25) is 0 Å². The van der Waals surface area contributed by atoms with Gasteiger partial charge in [0.05, 0.1) is 5.54 Å². The third-order valence-electron chi connectivity index (χ3n) is 7.50. The number of benzene rings is 3. The SMILES string of the molecule is CCCCNCc1cc(C(Cc2ccccc2)(NC(=O)NC2CC(F)(F)C2)c2cc(F)cc(OC(F)(F)C(F)F)c2)ccc1F. The van der Waals surface area contributed by atoms with Gasteiger partial charge in [-0.25, -0.2) is 22.4 Å². The van der Waals surface area contributed by atoms with E-state index in [4.69, 9.17) is 0 Å².